The third-order valence-electron chi connectivity index (χ3n) is 5.50. The molecule has 2 aromatic carbocycles. The number of ether oxygens (including phenoxy) is 1. The number of nitrogens with one attached hydrogen (secondary N) is 1. The number of cyclic esters (lactones) is 1. The standard InChI is InChI=1S/C22H25N3O5S/c26-21(23-16-17-7-6-8-18(15-17)25-13-14-30-22(25)27)19-9-2-3-10-20(19)31(28,29)24-11-4-1-5-12-24/h2-3,6-10,15H,1,4-5,11-14,16H2,(H,23,26). The molecule has 2 aromatic rings. The van der Waals surface area contributed by atoms with Gasteiger partial charge in [-0.3, -0.25) is 9.69 Å². The van der Waals surface area contributed by atoms with Crippen molar-refractivity contribution in [3.8, 4) is 0 Å². The van der Waals surface area contributed by atoms with E-state index in [9.17, 15) is 18.0 Å². The van der Waals surface area contributed by atoms with Crippen molar-refractivity contribution >= 4 is 27.7 Å². The van der Waals surface area contributed by atoms with Crippen molar-refractivity contribution in [1.29, 1.82) is 0 Å². The number of sulfonamides is 1. The van der Waals surface area contributed by atoms with Crippen molar-refractivity contribution in [3.63, 3.8) is 0 Å². The Morgan fingerprint density at radius 1 is 1.00 bits per heavy atom. The van der Waals surface area contributed by atoms with Crippen molar-refractivity contribution in [1.82, 2.24) is 9.62 Å². The topological polar surface area (TPSA) is 96.0 Å². The molecule has 0 bridgehead atoms. The van der Waals surface area contributed by atoms with Gasteiger partial charge in [0.05, 0.1) is 17.0 Å². The Labute approximate surface area is 181 Å². The Morgan fingerprint density at radius 2 is 1.77 bits per heavy atom. The first-order valence-electron chi connectivity index (χ1n) is 10.4. The summed E-state index contributed by atoms with van der Waals surface area (Å²) < 4.78 is 32.6. The van der Waals surface area contributed by atoms with Crippen molar-refractivity contribution in [2.24, 2.45) is 0 Å². The van der Waals surface area contributed by atoms with Gasteiger partial charge in [0, 0.05) is 25.3 Å². The minimum absolute atomic E-state index is 0.0305. The normalized spacial score (nSPS) is 17.4. The van der Waals surface area contributed by atoms with E-state index in [1.54, 1.807) is 24.3 Å². The first-order valence-corrected chi connectivity index (χ1v) is 11.8. The second-order valence-corrected chi connectivity index (χ2v) is 9.49. The van der Waals surface area contributed by atoms with Crippen molar-refractivity contribution in [2.45, 2.75) is 30.7 Å². The molecule has 2 amide bonds. The van der Waals surface area contributed by atoms with Gasteiger partial charge in [0.1, 0.15) is 6.61 Å². The van der Waals surface area contributed by atoms with Gasteiger partial charge in [-0.25, -0.2) is 13.2 Å². The fourth-order valence-corrected chi connectivity index (χ4v) is 5.57. The number of hydrogen-bond donors (Lipinski definition) is 1. The molecule has 8 nitrogen and oxygen atoms in total. The van der Waals surface area contributed by atoms with Crippen LogP contribution < -0.4 is 10.2 Å². The summed E-state index contributed by atoms with van der Waals surface area (Å²) in [5.41, 5.74) is 1.62. The van der Waals surface area contributed by atoms with E-state index in [0.717, 1.165) is 24.8 Å². The maximum Gasteiger partial charge on any atom is 0.414 e. The number of rotatable bonds is 6. The van der Waals surface area contributed by atoms with Crippen LogP contribution in [0.5, 0.6) is 0 Å². The van der Waals surface area contributed by atoms with E-state index >= 15 is 0 Å². The lowest BCUT2D eigenvalue weighted by Crippen LogP contribution is -2.37. The summed E-state index contributed by atoms with van der Waals surface area (Å²) in [6.45, 7) is 1.99. The van der Waals surface area contributed by atoms with Crippen LogP contribution in [-0.2, 0) is 21.3 Å². The van der Waals surface area contributed by atoms with E-state index in [-0.39, 0.29) is 17.0 Å². The monoisotopic (exact) mass is 443 g/mol. The lowest BCUT2D eigenvalue weighted by Gasteiger charge is -2.26. The second kappa shape index (κ2) is 9.07. The van der Waals surface area contributed by atoms with Gasteiger partial charge in [0.25, 0.3) is 5.91 Å². The van der Waals surface area contributed by atoms with E-state index in [1.807, 2.05) is 12.1 Å². The van der Waals surface area contributed by atoms with E-state index in [0.29, 0.717) is 31.9 Å². The molecule has 164 valence electrons. The maximum atomic E-state index is 13.1. The van der Waals surface area contributed by atoms with Crippen LogP contribution in [0.25, 0.3) is 0 Å². The molecule has 31 heavy (non-hydrogen) atoms. The van der Waals surface area contributed by atoms with Crippen LogP contribution in [0.2, 0.25) is 0 Å². The van der Waals surface area contributed by atoms with Crippen molar-refractivity contribution in [3.05, 3.63) is 59.7 Å². The zero-order chi connectivity index (χ0) is 21.8. The molecule has 4 rings (SSSR count). The molecule has 0 saturated carbocycles. The Kier molecular flexibility index (Phi) is 6.24. The quantitative estimate of drug-likeness (QED) is 0.741. The van der Waals surface area contributed by atoms with Gasteiger partial charge in [0.2, 0.25) is 10.0 Å². The predicted molar refractivity (Wildman–Crippen MR) is 115 cm³/mol. The van der Waals surface area contributed by atoms with Crippen LogP contribution in [0.1, 0.15) is 35.2 Å². The molecule has 2 fully saturated rings. The lowest BCUT2D eigenvalue weighted by atomic mass is 10.1. The van der Waals surface area contributed by atoms with Gasteiger partial charge in [-0.1, -0.05) is 30.7 Å². The third-order valence-corrected chi connectivity index (χ3v) is 7.46. The Morgan fingerprint density at radius 3 is 2.52 bits per heavy atom. The molecular formula is C22H25N3O5S. The molecule has 0 unspecified atom stereocenters. The van der Waals surface area contributed by atoms with Gasteiger partial charge >= 0.3 is 6.09 Å². The number of carbonyl (C=O) groups excluding carboxylic acids is 2. The van der Waals surface area contributed by atoms with E-state index in [1.165, 1.54) is 21.3 Å². The fourth-order valence-electron chi connectivity index (χ4n) is 3.86. The maximum absolute atomic E-state index is 13.1. The molecule has 1 N–H and O–H groups in total. The number of benzene rings is 2. The van der Waals surface area contributed by atoms with Crippen LogP contribution in [0, 0.1) is 0 Å². The highest BCUT2D eigenvalue weighted by Gasteiger charge is 2.29. The van der Waals surface area contributed by atoms with E-state index in [4.69, 9.17) is 4.74 Å². The highest BCUT2D eigenvalue weighted by atomic mass is 32.2. The number of carbonyl (C=O) groups is 2. The third kappa shape index (κ3) is 4.57. The van der Waals surface area contributed by atoms with Crippen molar-refractivity contribution in [2.75, 3.05) is 31.1 Å². The smallest absolute Gasteiger partial charge is 0.414 e. The summed E-state index contributed by atoms with van der Waals surface area (Å²) in [6, 6.07) is 13.6. The SMILES string of the molecule is O=C(NCc1cccc(N2CCOC2=O)c1)c1ccccc1S(=O)(=O)N1CCCCC1. The zero-order valence-electron chi connectivity index (χ0n) is 17.1. The number of hydrogen-bond acceptors (Lipinski definition) is 5. The van der Waals surface area contributed by atoms with E-state index < -0.39 is 22.0 Å². The van der Waals surface area contributed by atoms with Gasteiger partial charge in [-0.2, -0.15) is 4.31 Å². The van der Waals surface area contributed by atoms with Crippen LogP contribution in [0.3, 0.4) is 0 Å². The van der Waals surface area contributed by atoms with Crippen LogP contribution >= 0.6 is 0 Å². The largest absolute Gasteiger partial charge is 0.447 e. The molecule has 2 aliphatic rings. The average molecular weight is 444 g/mol. The summed E-state index contributed by atoms with van der Waals surface area (Å²) >= 11 is 0. The first kappa shape index (κ1) is 21.3. The Balaban J connectivity index is 1.49. The average Bonchev–Trinajstić information content (AvgIpc) is 3.24. The first-order chi connectivity index (χ1) is 15.0. The summed E-state index contributed by atoms with van der Waals surface area (Å²) in [5, 5.41) is 2.80. The van der Waals surface area contributed by atoms with E-state index in [2.05, 4.69) is 5.32 Å². The summed E-state index contributed by atoms with van der Waals surface area (Å²) in [5.74, 6) is -0.456. The van der Waals surface area contributed by atoms with Gasteiger partial charge in [-0.15, -0.1) is 0 Å². The molecule has 2 aliphatic heterocycles. The predicted octanol–water partition coefficient (Wildman–Crippen LogP) is 2.75. The van der Waals surface area contributed by atoms with Gasteiger partial charge in [0.15, 0.2) is 0 Å². The van der Waals surface area contributed by atoms with Crippen LogP contribution in [0.4, 0.5) is 10.5 Å². The molecule has 0 spiro atoms. The molecular weight excluding hydrogens is 418 g/mol. The lowest BCUT2D eigenvalue weighted by molar-refractivity contribution is 0.0947. The Hall–Kier alpha value is -2.91. The molecule has 0 radical (unpaired) electrons. The van der Waals surface area contributed by atoms with Crippen LogP contribution in [-0.4, -0.2) is 51.0 Å². The van der Waals surface area contributed by atoms with Gasteiger partial charge < -0.3 is 10.1 Å². The molecule has 0 aromatic heterocycles. The summed E-state index contributed by atoms with van der Waals surface area (Å²) in [7, 11) is -3.73. The summed E-state index contributed by atoms with van der Waals surface area (Å²) in [4.78, 5) is 26.2. The second-order valence-electron chi connectivity index (χ2n) is 7.58. The number of piperidine rings is 1. The minimum atomic E-state index is -3.73. The highest BCUT2D eigenvalue weighted by molar-refractivity contribution is 7.89. The molecule has 0 atom stereocenters. The molecule has 2 heterocycles. The summed E-state index contributed by atoms with van der Waals surface area (Å²) in [6.07, 6.45) is 2.28. The molecule has 0 aliphatic carbocycles. The Bertz CT molecular complexity index is 1080. The number of anilines is 1. The molecule has 9 heteroatoms. The fraction of sp³-hybridized carbons (Fsp3) is 0.364. The number of amides is 2. The number of nitrogens with zero attached hydrogens (tertiary/aromatic N) is 2. The van der Waals surface area contributed by atoms with Gasteiger partial charge in [-0.05, 0) is 42.7 Å². The van der Waals surface area contributed by atoms with Crippen molar-refractivity contribution < 1.29 is 22.7 Å². The van der Waals surface area contributed by atoms with Crippen LogP contribution in [0.15, 0.2) is 53.4 Å². The minimum Gasteiger partial charge on any atom is -0.447 e. The highest BCUT2D eigenvalue weighted by Crippen LogP contribution is 2.24. The zero-order valence-corrected chi connectivity index (χ0v) is 17.9. The molecule has 2 saturated heterocycles.